The van der Waals surface area contributed by atoms with Gasteiger partial charge in [0.1, 0.15) is 0 Å². The molecule has 0 bridgehead atoms. The molecular formula is C17H21N3O2. The third-order valence-corrected chi connectivity index (χ3v) is 4.31. The van der Waals surface area contributed by atoms with Gasteiger partial charge in [0.2, 0.25) is 5.91 Å². The Bertz CT molecular complexity index is 738. The van der Waals surface area contributed by atoms with Crippen LogP contribution in [-0.4, -0.2) is 33.4 Å². The van der Waals surface area contributed by atoms with E-state index in [1.807, 2.05) is 23.1 Å². The monoisotopic (exact) mass is 299 g/mol. The third kappa shape index (κ3) is 3.03. The van der Waals surface area contributed by atoms with Crippen LogP contribution in [0.3, 0.4) is 0 Å². The van der Waals surface area contributed by atoms with Crippen molar-refractivity contribution in [3.63, 3.8) is 0 Å². The van der Waals surface area contributed by atoms with E-state index in [1.54, 1.807) is 6.07 Å². The Morgan fingerprint density at radius 2 is 2.18 bits per heavy atom. The topological polar surface area (TPSA) is 55.2 Å². The van der Waals surface area contributed by atoms with Crippen molar-refractivity contribution in [3.8, 4) is 0 Å². The lowest BCUT2D eigenvalue weighted by Gasteiger charge is -2.31. The lowest BCUT2D eigenvalue weighted by molar-refractivity contribution is -0.133. The highest BCUT2D eigenvalue weighted by molar-refractivity contribution is 5.77. The minimum absolute atomic E-state index is 0.0783. The van der Waals surface area contributed by atoms with Crippen molar-refractivity contribution in [1.29, 1.82) is 0 Å². The van der Waals surface area contributed by atoms with Crippen LogP contribution in [0.4, 0.5) is 0 Å². The maximum Gasteiger partial charge on any atom is 0.261 e. The summed E-state index contributed by atoms with van der Waals surface area (Å²) in [5, 5.41) is 0.601. The molecule has 0 saturated carbocycles. The van der Waals surface area contributed by atoms with Gasteiger partial charge in [-0.2, -0.15) is 0 Å². The Hall–Kier alpha value is -2.17. The number of benzene rings is 1. The van der Waals surface area contributed by atoms with Crippen LogP contribution >= 0.6 is 0 Å². The standard InChI is InChI=1S/C17H21N3O2/c1-13-5-4-9-19(11-13)16(21)8-10-20-12-18-15-7-3-2-6-14(15)17(20)22/h2-3,6-7,12-13H,4-5,8-11H2,1H3. The first-order chi connectivity index (χ1) is 10.6. The van der Waals surface area contributed by atoms with Crippen molar-refractivity contribution in [3.05, 3.63) is 40.9 Å². The van der Waals surface area contributed by atoms with Crippen LogP contribution in [-0.2, 0) is 11.3 Å². The average Bonchev–Trinajstić information content (AvgIpc) is 2.54. The third-order valence-electron chi connectivity index (χ3n) is 4.31. The number of hydrogen-bond donors (Lipinski definition) is 0. The van der Waals surface area contributed by atoms with Gasteiger partial charge < -0.3 is 4.90 Å². The Labute approximate surface area is 129 Å². The van der Waals surface area contributed by atoms with Gasteiger partial charge >= 0.3 is 0 Å². The minimum atomic E-state index is -0.0783. The van der Waals surface area contributed by atoms with Gasteiger partial charge in [-0.05, 0) is 30.9 Å². The molecule has 0 N–H and O–H groups in total. The largest absolute Gasteiger partial charge is 0.342 e. The van der Waals surface area contributed by atoms with Crippen LogP contribution in [0.1, 0.15) is 26.2 Å². The molecule has 5 nitrogen and oxygen atoms in total. The summed E-state index contributed by atoms with van der Waals surface area (Å²) in [5.41, 5.74) is 0.616. The summed E-state index contributed by atoms with van der Waals surface area (Å²) in [6.07, 6.45) is 4.16. The number of amides is 1. The zero-order valence-electron chi connectivity index (χ0n) is 12.9. The second-order valence-electron chi connectivity index (χ2n) is 6.10. The number of hydrogen-bond acceptors (Lipinski definition) is 3. The van der Waals surface area contributed by atoms with E-state index in [9.17, 15) is 9.59 Å². The number of likely N-dealkylation sites (tertiary alicyclic amines) is 1. The van der Waals surface area contributed by atoms with Gasteiger partial charge in [-0.15, -0.1) is 0 Å². The van der Waals surface area contributed by atoms with Crippen LogP contribution < -0.4 is 5.56 Å². The molecule has 1 unspecified atom stereocenters. The molecule has 1 amide bonds. The second-order valence-corrected chi connectivity index (χ2v) is 6.10. The lowest BCUT2D eigenvalue weighted by Crippen LogP contribution is -2.39. The Morgan fingerprint density at radius 3 is 3.00 bits per heavy atom. The van der Waals surface area contributed by atoms with Crippen molar-refractivity contribution in [2.24, 2.45) is 5.92 Å². The Balaban J connectivity index is 1.70. The average molecular weight is 299 g/mol. The molecule has 1 aromatic heterocycles. The number of rotatable bonds is 3. The fraction of sp³-hybridized carbons (Fsp3) is 0.471. The highest BCUT2D eigenvalue weighted by Crippen LogP contribution is 2.16. The van der Waals surface area contributed by atoms with Crippen LogP contribution in [0, 0.1) is 5.92 Å². The van der Waals surface area contributed by atoms with Crippen molar-refractivity contribution < 1.29 is 4.79 Å². The molecule has 3 rings (SSSR count). The summed E-state index contributed by atoms with van der Waals surface area (Å²) in [6.45, 7) is 4.25. The number of aromatic nitrogens is 2. The number of piperidine rings is 1. The highest BCUT2D eigenvalue weighted by atomic mass is 16.2. The van der Waals surface area contributed by atoms with E-state index in [4.69, 9.17) is 0 Å². The van der Waals surface area contributed by atoms with E-state index in [-0.39, 0.29) is 11.5 Å². The Morgan fingerprint density at radius 1 is 1.36 bits per heavy atom. The van der Waals surface area contributed by atoms with Gasteiger partial charge in [-0.25, -0.2) is 4.98 Å². The first-order valence-corrected chi connectivity index (χ1v) is 7.87. The fourth-order valence-corrected chi connectivity index (χ4v) is 3.06. The number of carbonyl (C=O) groups is 1. The molecule has 2 heterocycles. The minimum Gasteiger partial charge on any atom is -0.342 e. The number of aryl methyl sites for hydroxylation is 1. The van der Waals surface area contributed by atoms with Crippen molar-refractivity contribution in [2.75, 3.05) is 13.1 Å². The Kier molecular flexibility index (Phi) is 4.22. The number of nitrogens with zero attached hydrogens (tertiary/aromatic N) is 3. The van der Waals surface area contributed by atoms with Gasteiger partial charge in [0.15, 0.2) is 0 Å². The molecule has 2 aromatic rings. The van der Waals surface area contributed by atoms with Crippen LogP contribution in [0.25, 0.3) is 10.9 Å². The zero-order valence-corrected chi connectivity index (χ0v) is 12.9. The normalized spacial score (nSPS) is 18.6. The molecule has 1 aliphatic heterocycles. The van der Waals surface area contributed by atoms with Gasteiger partial charge in [0, 0.05) is 26.1 Å². The number of para-hydroxylation sites is 1. The zero-order chi connectivity index (χ0) is 15.5. The van der Waals surface area contributed by atoms with Crippen LogP contribution in [0.2, 0.25) is 0 Å². The molecule has 1 atom stereocenters. The maximum atomic E-state index is 12.4. The SMILES string of the molecule is CC1CCCN(C(=O)CCn2cnc3ccccc3c2=O)C1. The molecular weight excluding hydrogens is 278 g/mol. The van der Waals surface area contributed by atoms with E-state index < -0.39 is 0 Å². The van der Waals surface area contributed by atoms with E-state index in [1.165, 1.54) is 17.3 Å². The molecule has 0 spiro atoms. The van der Waals surface area contributed by atoms with Gasteiger partial charge in [0.25, 0.3) is 5.56 Å². The van der Waals surface area contributed by atoms with E-state index in [2.05, 4.69) is 11.9 Å². The summed E-state index contributed by atoms with van der Waals surface area (Å²) in [4.78, 5) is 30.9. The van der Waals surface area contributed by atoms with Crippen molar-refractivity contribution in [1.82, 2.24) is 14.5 Å². The summed E-state index contributed by atoms with van der Waals surface area (Å²) < 4.78 is 1.54. The lowest BCUT2D eigenvalue weighted by atomic mass is 10.00. The number of fused-ring (bicyclic) bond motifs is 1. The summed E-state index contributed by atoms with van der Waals surface area (Å²) in [6, 6.07) is 7.28. The first-order valence-electron chi connectivity index (χ1n) is 7.87. The predicted octanol–water partition coefficient (Wildman–Crippen LogP) is 2.05. The molecule has 1 aliphatic rings. The van der Waals surface area contributed by atoms with Crippen LogP contribution in [0.5, 0.6) is 0 Å². The predicted molar refractivity (Wildman–Crippen MR) is 85.6 cm³/mol. The quantitative estimate of drug-likeness (QED) is 0.871. The smallest absolute Gasteiger partial charge is 0.261 e. The molecule has 1 fully saturated rings. The van der Waals surface area contributed by atoms with Crippen molar-refractivity contribution in [2.45, 2.75) is 32.7 Å². The first kappa shape index (κ1) is 14.8. The molecule has 1 aromatic carbocycles. The molecule has 5 heteroatoms. The van der Waals surface area contributed by atoms with E-state index in [0.29, 0.717) is 29.8 Å². The summed E-state index contributed by atoms with van der Waals surface area (Å²) in [7, 11) is 0. The molecule has 0 radical (unpaired) electrons. The maximum absolute atomic E-state index is 12.4. The highest BCUT2D eigenvalue weighted by Gasteiger charge is 2.20. The molecule has 0 aliphatic carbocycles. The van der Waals surface area contributed by atoms with Crippen LogP contribution in [0.15, 0.2) is 35.4 Å². The van der Waals surface area contributed by atoms with Crippen molar-refractivity contribution >= 4 is 16.8 Å². The van der Waals surface area contributed by atoms with E-state index >= 15 is 0 Å². The van der Waals surface area contributed by atoms with Gasteiger partial charge in [-0.1, -0.05) is 19.1 Å². The van der Waals surface area contributed by atoms with Gasteiger partial charge in [-0.3, -0.25) is 14.2 Å². The van der Waals surface area contributed by atoms with Gasteiger partial charge in [0.05, 0.1) is 17.2 Å². The molecule has 1 saturated heterocycles. The van der Waals surface area contributed by atoms with E-state index in [0.717, 1.165) is 19.5 Å². The summed E-state index contributed by atoms with van der Waals surface area (Å²) in [5.74, 6) is 0.703. The fourth-order valence-electron chi connectivity index (χ4n) is 3.06. The second kappa shape index (κ2) is 6.30. The summed E-state index contributed by atoms with van der Waals surface area (Å²) >= 11 is 0. The number of carbonyl (C=O) groups excluding carboxylic acids is 1. The molecule has 116 valence electrons. The molecule has 22 heavy (non-hydrogen) atoms.